The molecule has 3 N–H and O–H groups in total. The zero-order valence-corrected chi connectivity index (χ0v) is 9.64. The van der Waals surface area contributed by atoms with Crippen molar-refractivity contribution in [2.45, 2.75) is 52.5 Å². The molecule has 0 atom stereocenters. The smallest absolute Gasteiger partial charge is 0.188 e. The third-order valence-electron chi connectivity index (χ3n) is 2.76. The van der Waals surface area contributed by atoms with Crippen molar-refractivity contribution < 1.29 is 0 Å². The van der Waals surface area contributed by atoms with Crippen LogP contribution >= 0.6 is 0 Å². The van der Waals surface area contributed by atoms with Crippen molar-refractivity contribution in [1.82, 2.24) is 5.32 Å². The largest absolute Gasteiger partial charge is 0.370 e. The summed E-state index contributed by atoms with van der Waals surface area (Å²) in [7, 11) is 0. The van der Waals surface area contributed by atoms with Crippen LogP contribution in [0.5, 0.6) is 0 Å². The maximum Gasteiger partial charge on any atom is 0.188 e. The first-order chi connectivity index (χ1) is 6.58. The Morgan fingerprint density at radius 2 is 2.14 bits per heavy atom. The van der Waals surface area contributed by atoms with Gasteiger partial charge in [0.25, 0.3) is 0 Å². The van der Waals surface area contributed by atoms with E-state index in [0.717, 1.165) is 6.54 Å². The van der Waals surface area contributed by atoms with Gasteiger partial charge in [0.1, 0.15) is 0 Å². The van der Waals surface area contributed by atoms with Gasteiger partial charge in [0.2, 0.25) is 0 Å². The molecule has 0 aromatic carbocycles. The number of nitrogens with one attached hydrogen (secondary N) is 1. The van der Waals surface area contributed by atoms with Crippen LogP contribution in [0.15, 0.2) is 4.99 Å². The van der Waals surface area contributed by atoms with Gasteiger partial charge in [-0.15, -0.1) is 0 Å². The lowest BCUT2D eigenvalue weighted by Gasteiger charge is -2.12. The first kappa shape index (κ1) is 11.3. The average Bonchev–Trinajstić information content (AvgIpc) is 2.82. The summed E-state index contributed by atoms with van der Waals surface area (Å²) in [5.41, 5.74) is 6.26. The molecule has 0 bridgehead atoms. The molecule has 0 unspecified atom stereocenters. The number of hydrogen-bond donors (Lipinski definition) is 2. The van der Waals surface area contributed by atoms with Crippen LogP contribution < -0.4 is 11.1 Å². The fourth-order valence-electron chi connectivity index (χ4n) is 1.79. The Morgan fingerprint density at radius 3 is 2.57 bits per heavy atom. The summed E-state index contributed by atoms with van der Waals surface area (Å²) >= 11 is 0. The predicted molar refractivity (Wildman–Crippen MR) is 61.3 cm³/mol. The third-order valence-corrected chi connectivity index (χ3v) is 2.76. The van der Waals surface area contributed by atoms with Gasteiger partial charge in [0.15, 0.2) is 5.96 Å². The van der Waals surface area contributed by atoms with Gasteiger partial charge in [0.05, 0.1) is 0 Å². The SMILES string of the molecule is CCCC1(CN=C(N)NC(C)C)CC1. The van der Waals surface area contributed by atoms with E-state index in [1.54, 1.807) is 0 Å². The van der Waals surface area contributed by atoms with Crippen molar-refractivity contribution >= 4 is 5.96 Å². The Bertz CT molecular complexity index is 205. The minimum atomic E-state index is 0.375. The minimum Gasteiger partial charge on any atom is -0.370 e. The fraction of sp³-hybridized carbons (Fsp3) is 0.909. The Balaban J connectivity index is 2.30. The van der Waals surface area contributed by atoms with E-state index in [2.05, 4.69) is 31.1 Å². The van der Waals surface area contributed by atoms with Crippen LogP contribution in [0.3, 0.4) is 0 Å². The first-order valence-corrected chi connectivity index (χ1v) is 5.64. The van der Waals surface area contributed by atoms with Gasteiger partial charge in [-0.1, -0.05) is 13.3 Å². The molecule has 3 nitrogen and oxygen atoms in total. The molecule has 82 valence electrons. The summed E-state index contributed by atoms with van der Waals surface area (Å²) in [5, 5.41) is 3.11. The van der Waals surface area contributed by atoms with Crippen LogP contribution in [0.1, 0.15) is 46.5 Å². The lowest BCUT2D eigenvalue weighted by atomic mass is 10.0. The number of aliphatic imine (C=N–C) groups is 1. The molecule has 3 heteroatoms. The van der Waals surface area contributed by atoms with Crippen LogP contribution in [-0.4, -0.2) is 18.5 Å². The minimum absolute atomic E-state index is 0.375. The van der Waals surface area contributed by atoms with Gasteiger partial charge in [-0.25, -0.2) is 0 Å². The lowest BCUT2D eigenvalue weighted by molar-refractivity contribution is 0.471. The number of nitrogens with two attached hydrogens (primary N) is 1. The second kappa shape index (κ2) is 4.67. The molecule has 1 aliphatic carbocycles. The molecular formula is C11H23N3. The summed E-state index contributed by atoms with van der Waals surface area (Å²) < 4.78 is 0. The van der Waals surface area contributed by atoms with E-state index in [-0.39, 0.29) is 0 Å². The number of rotatable bonds is 5. The van der Waals surface area contributed by atoms with E-state index in [0.29, 0.717) is 17.4 Å². The van der Waals surface area contributed by atoms with Gasteiger partial charge in [0, 0.05) is 12.6 Å². The highest BCUT2D eigenvalue weighted by Gasteiger charge is 2.41. The maximum atomic E-state index is 5.74. The molecule has 1 rings (SSSR count). The van der Waals surface area contributed by atoms with Crippen LogP contribution in [0.25, 0.3) is 0 Å². The van der Waals surface area contributed by atoms with E-state index in [1.165, 1.54) is 25.7 Å². The van der Waals surface area contributed by atoms with Gasteiger partial charge >= 0.3 is 0 Å². The Labute approximate surface area is 87.2 Å². The second-order valence-corrected chi connectivity index (χ2v) is 4.75. The molecule has 0 saturated heterocycles. The van der Waals surface area contributed by atoms with Crippen LogP contribution in [-0.2, 0) is 0 Å². The first-order valence-electron chi connectivity index (χ1n) is 5.64. The number of hydrogen-bond acceptors (Lipinski definition) is 1. The Kier molecular flexibility index (Phi) is 3.78. The second-order valence-electron chi connectivity index (χ2n) is 4.75. The van der Waals surface area contributed by atoms with Gasteiger partial charge in [-0.3, -0.25) is 4.99 Å². The van der Waals surface area contributed by atoms with E-state index < -0.39 is 0 Å². The number of guanidine groups is 1. The van der Waals surface area contributed by atoms with E-state index in [9.17, 15) is 0 Å². The zero-order valence-electron chi connectivity index (χ0n) is 9.64. The highest BCUT2D eigenvalue weighted by Crippen LogP contribution is 2.49. The molecule has 0 aromatic heterocycles. The molecule has 14 heavy (non-hydrogen) atoms. The Morgan fingerprint density at radius 1 is 1.50 bits per heavy atom. The van der Waals surface area contributed by atoms with Crippen LogP contribution in [0.2, 0.25) is 0 Å². The highest BCUT2D eigenvalue weighted by molar-refractivity contribution is 5.78. The zero-order chi connectivity index (χ0) is 10.6. The Hall–Kier alpha value is -0.730. The highest BCUT2D eigenvalue weighted by atomic mass is 15.1. The molecule has 0 aliphatic heterocycles. The van der Waals surface area contributed by atoms with E-state index >= 15 is 0 Å². The molecule has 0 amide bonds. The molecule has 0 spiro atoms. The topological polar surface area (TPSA) is 50.4 Å². The van der Waals surface area contributed by atoms with E-state index in [1.807, 2.05) is 0 Å². The van der Waals surface area contributed by atoms with Gasteiger partial charge in [-0.05, 0) is 38.5 Å². The summed E-state index contributed by atoms with van der Waals surface area (Å²) in [5.74, 6) is 0.599. The van der Waals surface area contributed by atoms with Crippen molar-refractivity contribution in [3.05, 3.63) is 0 Å². The molecule has 0 heterocycles. The van der Waals surface area contributed by atoms with Crippen molar-refractivity contribution in [2.75, 3.05) is 6.54 Å². The van der Waals surface area contributed by atoms with E-state index in [4.69, 9.17) is 5.73 Å². The van der Waals surface area contributed by atoms with Gasteiger partial charge < -0.3 is 11.1 Å². The predicted octanol–water partition coefficient (Wildman–Crippen LogP) is 1.88. The lowest BCUT2D eigenvalue weighted by Crippen LogP contribution is -2.37. The molecular weight excluding hydrogens is 174 g/mol. The summed E-state index contributed by atoms with van der Waals surface area (Å²) in [6.45, 7) is 7.29. The normalized spacial score (nSPS) is 19.9. The third kappa shape index (κ3) is 3.56. The number of nitrogens with zero attached hydrogens (tertiary/aromatic N) is 1. The van der Waals surface area contributed by atoms with Crippen molar-refractivity contribution in [2.24, 2.45) is 16.1 Å². The molecule has 0 aromatic rings. The quantitative estimate of drug-likeness (QED) is 0.522. The standard InChI is InChI=1S/C11H23N3/c1-4-5-11(6-7-11)8-13-10(12)14-9(2)3/h9H,4-8H2,1-3H3,(H3,12,13,14). The summed E-state index contributed by atoms with van der Waals surface area (Å²) in [6.07, 6.45) is 5.22. The van der Waals surface area contributed by atoms with Crippen molar-refractivity contribution in [1.29, 1.82) is 0 Å². The monoisotopic (exact) mass is 197 g/mol. The van der Waals surface area contributed by atoms with Crippen molar-refractivity contribution in [3.8, 4) is 0 Å². The molecule has 1 aliphatic rings. The molecule has 0 radical (unpaired) electrons. The summed E-state index contributed by atoms with van der Waals surface area (Å²) in [4.78, 5) is 4.40. The fourth-order valence-corrected chi connectivity index (χ4v) is 1.79. The molecule has 1 fully saturated rings. The molecule has 1 saturated carbocycles. The summed E-state index contributed by atoms with van der Waals surface area (Å²) in [6, 6.07) is 0.375. The van der Waals surface area contributed by atoms with Crippen LogP contribution in [0, 0.1) is 5.41 Å². The van der Waals surface area contributed by atoms with Crippen LogP contribution in [0.4, 0.5) is 0 Å². The van der Waals surface area contributed by atoms with Gasteiger partial charge in [-0.2, -0.15) is 0 Å². The van der Waals surface area contributed by atoms with Crippen molar-refractivity contribution in [3.63, 3.8) is 0 Å². The average molecular weight is 197 g/mol. The maximum absolute atomic E-state index is 5.74.